The van der Waals surface area contributed by atoms with Crippen molar-refractivity contribution in [3.63, 3.8) is 0 Å². The van der Waals surface area contributed by atoms with Crippen LogP contribution in [-0.4, -0.2) is 31.3 Å². The number of nitrogens with zero attached hydrogens (tertiary/aromatic N) is 3. The van der Waals surface area contributed by atoms with Gasteiger partial charge in [-0.25, -0.2) is 4.79 Å². The molecule has 0 radical (unpaired) electrons. The van der Waals surface area contributed by atoms with E-state index in [-0.39, 0.29) is 5.91 Å². The Kier molecular flexibility index (Phi) is 3.59. The van der Waals surface area contributed by atoms with Crippen LogP contribution in [0.2, 0.25) is 0 Å². The molecular formula is C14H18N4O3. The molecule has 0 unspecified atom stereocenters. The third-order valence-corrected chi connectivity index (χ3v) is 3.54. The van der Waals surface area contributed by atoms with Crippen LogP contribution in [0, 0.1) is 6.92 Å². The van der Waals surface area contributed by atoms with Crippen LogP contribution >= 0.6 is 0 Å². The summed E-state index contributed by atoms with van der Waals surface area (Å²) < 4.78 is 3.09. The molecule has 7 heteroatoms. The first kappa shape index (κ1) is 14.8. The Morgan fingerprint density at radius 3 is 2.52 bits per heavy atom. The summed E-state index contributed by atoms with van der Waals surface area (Å²) in [5.41, 5.74) is 0.777. The lowest BCUT2D eigenvalue weighted by molar-refractivity contribution is -0.146. The lowest BCUT2D eigenvalue weighted by Gasteiger charge is -2.19. The van der Waals surface area contributed by atoms with E-state index in [4.69, 9.17) is 5.11 Å². The van der Waals surface area contributed by atoms with Gasteiger partial charge < -0.3 is 15.0 Å². The average molecular weight is 290 g/mol. The molecule has 2 aromatic heterocycles. The van der Waals surface area contributed by atoms with Gasteiger partial charge >= 0.3 is 5.97 Å². The Hall–Kier alpha value is -2.57. The highest BCUT2D eigenvalue weighted by atomic mass is 16.4. The zero-order chi connectivity index (χ0) is 15.8. The predicted molar refractivity (Wildman–Crippen MR) is 77.3 cm³/mol. The summed E-state index contributed by atoms with van der Waals surface area (Å²) in [6, 6.07) is 3.59. The molecule has 0 saturated heterocycles. The second kappa shape index (κ2) is 5.08. The van der Waals surface area contributed by atoms with E-state index in [0.717, 1.165) is 5.69 Å². The minimum absolute atomic E-state index is 0.265. The standard InChI is InChI=1S/C14H18N4O3/c1-9-5-6-11(17(9)4)12(19)16-10-7-15-18(8-10)14(2,3)13(20)21/h5-8H,1-4H3,(H,16,19)(H,20,21). The number of hydrogen-bond acceptors (Lipinski definition) is 3. The monoisotopic (exact) mass is 290 g/mol. The predicted octanol–water partition coefficient (Wildman–Crippen LogP) is 1.60. The molecule has 0 spiro atoms. The molecule has 7 nitrogen and oxygen atoms in total. The summed E-state index contributed by atoms with van der Waals surface area (Å²) in [6.07, 6.45) is 2.93. The Bertz CT molecular complexity index is 697. The van der Waals surface area contributed by atoms with Crippen molar-refractivity contribution in [3.8, 4) is 0 Å². The molecule has 0 aromatic carbocycles. The summed E-state index contributed by atoms with van der Waals surface area (Å²) in [4.78, 5) is 23.3. The van der Waals surface area contributed by atoms with Gasteiger partial charge in [-0.3, -0.25) is 9.48 Å². The molecule has 2 N–H and O–H groups in total. The van der Waals surface area contributed by atoms with Crippen molar-refractivity contribution in [1.82, 2.24) is 14.3 Å². The first-order valence-corrected chi connectivity index (χ1v) is 6.45. The molecule has 0 fully saturated rings. The van der Waals surface area contributed by atoms with Gasteiger partial charge in [-0.2, -0.15) is 5.10 Å². The van der Waals surface area contributed by atoms with Gasteiger partial charge in [0.1, 0.15) is 5.69 Å². The number of rotatable bonds is 4. The zero-order valence-corrected chi connectivity index (χ0v) is 12.4. The van der Waals surface area contributed by atoms with Gasteiger partial charge in [0, 0.05) is 18.9 Å². The molecule has 0 bridgehead atoms. The summed E-state index contributed by atoms with van der Waals surface area (Å²) in [5.74, 6) is -1.26. The largest absolute Gasteiger partial charge is 0.479 e. The van der Waals surface area contributed by atoms with E-state index >= 15 is 0 Å². The molecule has 2 heterocycles. The minimum atomic E-state index is -1.18. The minimum Gasteiger partial charge on any atom is -0.479 e. The van der Waals surface area contributed by atoms with E-state index in [1.807, 2.05) is 13.0 Å². The van der Waals surface area contributed by atoms with Crippen LogP contribution in [-0.2, 0) is 17.4 Å². The van der Waals surface area contributed by atoms with Gasteiger partial charge in [0.2, 0.25) is 0 Å². The van der Waals surface area contributed by atoms with Crippen LogP contribution in [0.25, 0.3) is 0 Å². The Morgan fingerprint density at radius 2 is 2.00 bits per heavy atom. The van der Waals surface area contributed by atoms with E-state index in [1.165, 1.54) is 30.9 Å². The first-order valence-electron chi connectivity index (χ1n) is 6.45. The number of anilines is 1. The topological polar surface area (TPSA) is 89.2 Å². The number of aryl methyl sites for hydroxylation is 1. The number of hydrogen-bond donors (Lipinski definition) is 2. The maximum absolute atomic E-state index is 12.2. The molecule has 2 aromatic rings. The summed E-state index contributed by atoms with van der Waals surface area (Å²) in [7, 11) is 1.81. The van der Waals surface area contributed by atoms with Crippen molar-refractivity contribution < 1.29 is 14.7 Å². The number of amides is 1. The molecular weight excluding hydrogens is 272 g/mol. The molecule has 21 heavy (non-hydrogen) atoms. The number of carboxylic acid groups (broad SMARTS) is 1. The van der Waals surface area contributed by atoms with Crippen LogP contribution in [0.4, 0.5) is 5.69 Å². The second-order valence-electron chi connectivity index (χ2n) is 5.41. The summed E-state index contributed by atoms with van der Waals surface area (Å²) >= 11 is 0. The molecule has 0 aliphatic rings. The van der Waals surface area contributed by atoms with E-state index in [0.29, 0.717) is 11.4 Å². The second-order valence-corrected chi connectivity index (χ2v) is 5.41. The Balaban J connectivity index is 2.18. The van der Waals surface area contributed by atoms with Crippen LogP contribution < -0.4 is 5.32 Å². The highest BCUT2D eigenvalue weighted by molar-refractivity contribution is 6.03. The van der Waals surface area contributed by atoms with Crippen LogP contribution in [0.3, 0.4) is 0 Å². The quantitative estimate of drug-likeness (QED) is 0.895. The molecule has 0 atom stereocenters. The lowest BCUT2D eigenvalue weighted by atomic mass is 10.1. The highest BCUT2D eigenvalue weighted by Gasteiger charge is 2.30. The number of aliphatic carboxylic acids is 1. The van der Waals surface area contributed by atoms with Crippen molar-refractivity contribution in [3.05, 3.63) is 35.9 Å². The van der Waals surface area contributed by atoms with Crippen LogP contribution in [0.15, 0.2) is 24.5 Å². The van der Waals surface area contributed by atoms with Crippen molar-refractivity contribution in [2.24, 2.45) is 7.05 Å². The van der Waals surface area contributed by atoms with Crippen molar-refractivity contribution in [2.75, 3.05) is 5.32 Å². The molecule has 112 valence electrons. The van der Waals surface area contributed by atoms with E-state index in [9.17, 15) is 9.59 Å². The van der Waals surface area contributed by atoms with Gasteiger partial charge in [0.15, 0.2) is 5.54 Å². The number of aromatic nitrogens is 3. The number of carbonyl (C=O) groups excluding carboxylic acids is 1. The third kappa shape index (κ3) is 2.67. The van der Waals surface area contributed by atoms with E-state index in [1.54, 1.807) is 17.7 Å². The summed E-state index contributed by atoms with van der Waals surface area (Å²) in [5, 5.41) is 15.9. The molecule has 0 saturated carbocycles. The Labute approximate surface area is 122 Å². The number of carbonyl (C=O) groups is 2. The smallest absolute Gasteiger partial charge is 0.331 e. The van der Waals surface area contributed by atoms with E-state index < -0.39 is 11.5 Å². The molecule has 1 amide bonds. The zero-order valence-electron chi connectivity index (χ0n) is 12.4. The lowest BCUT2D eigenvalue weighted by Crippen LogP contribution is -2.35. The summed E-state index contributed by atoms with van der Waals surface area (Å²) in [6.45, 7) is 4.98. The maximum atomic E-state index is 12.2. The maximum Gasteiger partial charge on any atom is 0.331 e. The van der Waals surface area contributed by atoms with Gasteiger partial charge in [-0.05, 0) is 32.9 Å². The molecule has 2 rings (SSSR count). The average Bonchev–Trinajstić information content (AvgIpc) is 2.98. The fourth-order valence-corrected chi connectivity index (χ4v) is 1.83. The molecule has 0 aliphatic heterocycles. The van der Waals surface area contributed by atoms with Gasteiger partial charge in [-0.1, -0.05) is 0 Å². The normalized spacial score (nSPS) is 11.4. The van der Waals surface area contributed by atoms with Crippen molar-refractivity contribution >= 4 is 17.6 Å². The van der Waals surface area contributed by atoms with Gasteiger partial charge in [0.25, 0.3) is 5.91 Å². The third-order valence-electron chi connectivity index (χ3n) is 3.54. The van der Waals surface area contributed by atoms with E-state index in [2.05, 4.69) is 10.4 Å². The van der Waals surface area contributed by atoms with Gasteiger partial charge in [0.05, 0.1) is 11.9 Å². The first-order chi connectivity index (χ1) is 9.73. The van der Waals surface area contributed by atoms with Crippen LogP contribution in [0.1, 0.15) is 30.0 Å². The highest BCUT2D eigenvalue weighted by Crippen LogP contribution is 2.18. The van der Waals surface area contributed by atoms with Crippen molar-refractivity contribution in [1.29, 1.82) is 0 Å². The fraction of sp³-hybridized carbons (Fsp3) is 0.357. The van der Waals surface area contributed by atoms with Gasteiger partial charge in [-0.15, -0.1) is 0 Å². The number of nitrogens with one attached hydrogen (secondary N) is 1. The van der Waals surface area contributed by atoms with Crippen LogP contribution in [0.5, 0.6) is 0 Å². The molecule has 0 aliphatic carbocycles. The SMILES string of the molecule is Cc1ccc(C(=O)Nc2cnn(C(C)(C)C(=O)O)c2)n1C. The van der Waals surface area contributed by atoms with Crippen molar-refractivity contribution in [2.45, 2.75) is 26.3 Å². The number of carboxylic acids is 1. The Morgan fingerprint density at radius 1 is 1.33 bits per heavy atom. The fourth-order valence-electron chi connectivity index (χ4n) is 1.83.